The zero-order chi connectivity index (χ0) is 50.3. The van der Waals surface area contributed by atoms with E-state index < -0.39 is 0 Å². The average Bonchev–Trinajstić information content (AvgIpc) is 4.01. The third-order valence-corrected chi connectivity index (χ3v) is 15.0. The van der Waals surface area contributed by atoms with Crippen LogP contribution in [-0.4, -0.2) is 43.0 Å². The molecule has 0 saturated heterocycles. The lowest BCUT2D eigenvalue weighted by Gasteiger charge is -2.30. The van der Waals surface area contributed by atoms with Crippen molar-refractivity contribution in [3.05, 3.63) is 222 Å². The molecule has 8 rings (SSSR count). The third kappa shape index (κ3) is 11.3. The Balaban J connectivity index is 0.951. The zero-order valence-electron chi connectivity index (χ0n) is 43.4. The molecule has 2 amide bonds. The molecule has 6 aromatic rings. The number of allylic oxidation sites excluding steroid dienone is 4. The summed E-state index contributed by atoms with van der Waals surface area (Å²) in [5, 5.41) is 0. The van der Waals surface area contributed by atoms with Crippen molar-refractivity contribution in [3.8, 4) is 0 Å². The Bertz CT molecular complexity index is 2880. The summed E-state index contributed by atoms with van der Waals surface area (Å²) in [5.74, 6) is 0.279. The molecule has 364 valence electrons. The van der Waals surface area contributed by atoms with E-state index in [0.717, 1.165) is 85.4 Å². The maximum atomic E-state index is 14.1. The van der Waals surface area contributed by atoms with Gasteiger partial charge in [0.05, 0.1) is 23.5 Å². The number of aliphatic imine (C=N–C) groups is 2. The Hall–Kier alpha value is -7.32. The van der Waals surface area contributed by atoms with Crippen molar-refractivity contribution in [2.24, 2.45) is 9.98 Å². The summed E-state index contributed by atoms with van der Waals surface area (Å²) < 4.78 is 0. The highest BCUT2D eigenvalue weighted by Crippen LogP contribution is 2.37. The van der Waals surface area contributed by atoms with E-state index in [0.29, 0.717) is 38.8 Å². The fourth-order valence-electron chi connectivity index (χ4n) is 10.5. The number of H-pyrrole nitrogens is 2. The van der Waals surface area contributed by atoms with Crippen molar-refractivity contribution < 1.29 is 9.59 Å². The van der Waals surface area contributed by atoms with Crippen LogP contribution in [0.4, 0.5) is 0 Å². The molecule has 8 nitrogen and oxygen atoms in total. The first-order valence-electron chi connectivity index (χ1n) is 25.3. The number of aryl methyl sites for hydroxylation is 2. The van der Waals surface area contributed by atoms with Crippen molar-refractivity contribution in [3.63, 3.8) is 0 Å². The standard InChI is InChI=1S/C63H70N6O2/c1-40-54(31-33-62(70)68(38-50-23-15-11-16-24-50)48(9)52-27-19-13-20-28-52)44(5)64-58(40)36-60-42(3)56(46(7)66-60)35-57-43(4)61(67-47(57)8)37-59-41(2)55(45(6)65-59)32-34-63(71)69(39-51-25-17-12-18-26-51)49(10)53-29-21-14-22-30-53/h11-30,36-37,48-49,64-65H,31-35,38-39H2,1-10H3/b60-36-,61-37-/t48-,49-/m0/s1. The molecule has 4 heterocycles. The first kappa shape index (κ1) is 50.1. The lowest BCUT2D eigenvalue weighted by atomic mass is 9.93. The van der Waals surface area contributed by atoms with Crippen molar-refractivity contribution in [2.45, 2.75) is 127 Å². The summed E-state index contributed by atoms with van der Waals surface area (Å²) in [5.41, 5.74) is 22.1. The van der Waals surface area contributed by atoms with Crippen LogP contribution in [-0.2, 0) is 35.5 Å². The van der Waals surface area contributed by atoms with Gasteiger partial charge in [-0.3, -0.25) is 19.6 Å². The number of nitrogens with zero attached hydrogens (tertiary/aromatic N) is 4. The van der Waals surface area contributed by atoms with Gasteiger partial charge in [0.15, 0.2) is 0 Å². The molecule has 2 atom stereocenters. The van der Waals surface area contributed by atoms with Gasteiger partial charge >= 0.3 is 0 Å². The largest absolute Gasteiger partial charge is 0.359 e. The topological polar surface area (TPSA) is 96.9 Å². The number of carbonyl (C=O) groups is 2. The summed E-state index contributed by atoms with van der Waals surface area (Å²) in [4.78, 5) is 49.8. The predicted molar refractivity (Wildman–Crippen MR) is 293 cm³/mol. The second kappa shape index (κ2) is 22.2. The van der Waals surface area contributed by atoms with Gasteiger partial charge in [0.1, 0.15) is 0 Å². The maximum absolute atomic E-state index is 14.1. The molecule has 8 heteroatoms. The van der Waals surface area contributed by atoms with Gasteiger partial charge in [0.25, 0.3) is 0 Å². The van der Waals surface area contributed by atoms with E-state index in [1.165, 1.54) is 33.4 Å². The molecule has 0 unspecified atom stereocenters. The number of nitrogens with one attached hydrogen (secondary N) is 2. The van der Waals surface area contributed by atoms with Gasteiger partial charge in [-0.1, -0.05) is 121 Å². The molecule has 2 aliphatic rings. The SMILES string of the molecule is CC1=N/C(=C\c2[nH]c(C)c(CCC(=O)N(Cc3ccccc3)[C@@H](C)c3ccccc3)c2C)C(C)=C1CC1=C(C)/C(=C/c2[nH]c(C)c(CCC(=O)N(Cc3ccccc3)[C@@H](C)c3ccccc3)c2C)N=C1C. The third-order valence-electron chi connectivity index (χ3n) is 15.0. The second-order valence-electron chi connectivity index (χ2n) is 19.6. The van der Waals surface area contributed by atoms with Gasteiger partial charge < -0.3 is 19.8 Å². The molecule has 0 saturated carbocycles. The van der Waals surface area contributed by atoms with Crippen LogP contribution in [0.25, 0.3) is 12.2 Å². The number of hydrogen-bond acceptors (Lipinski definition) is 4. The molecule has 2 N–H and O–H groups in total. The van der Waals surface area contributed by atoms with E-state index in [2.05, 4.69) is 140 Å². The highest BCUT2D eigenvalue weighted by atomic mass is 16.2. The van der Waals surface area contributed by atoms with Crippen molar-refractivity contribution >= 4 is 35.4 Å². The quantitative estimate of drug-likeness (QED) is 0.0897. The molecule has 0 fully saturated rings. The van der Waals surface area contributed by atoms with Gasteiger partial charge in [0.2, 0.25) is 11.8 Å². The Morgan fingerprint density at radius 2 is 0.845 bits per heavy atom. The zero-order valence-corrected chi connectivity index (χ0v) is 43.4. The fourth-order valence-corrected chi connectivity index (χ4v) is 10.5. The van der Waals surface area contributed by atoms with Crippen LogP contribution in [0.3, 0.4) is 0 Å². The number of hydrogen-bond donors (Lipinski definition) is 2. The summed E-state index contributed by atoms with van der Waals surface area (Å²) >= 11 is 0. The first-order chi connectivity index (χ1) is 34.2. The Labute approximate surface area is 421 Å². The molecular weight excluding hydrogens is 873 g/mol. The van der Waals surface area contributed by atoms with E-state index in [-0.39, 0.29) is 23.9 Å². The molecule has 71 heavy (non-hydrogen) atoms. The van der Waals surface area contributed by atoms with Gasteiger partial charge in [0, 0.05) is 66.6 Å². The first-order valence-corrected chi connectivity index (χ1v) is 25.3. The normalized spacial score (nSPS) is 15.7. The second-order valence-corrected chi connectivity index (χ2v) is 19.6. The van der Waals surface area contributed by atoms with Crippen LogP contribution in [0, 0.1) is 27.7 Å². The van der Waals surface area contributed by atoms with Gasteiger partial charge in [-0.05, 0) is 161 Å². The van der Waals surface area contributed by atoms with Crippen LogP contribution >= 0.6 is 0 Å². The predicted octanol–water partition coefficient (Wildman–Crippen LogP) is 14.4. The van der Waals surface area contributed by atoms with Crippen molar-refractivity contribution in [1.29, 1.82) is 0 Å². The molecule has 0 bridgehead atoms. The molecule has 4 aromatic carbocycles. The minimum atomic E-state index is -0.0558. The smallest absolute Gasteiger partial charge is 0.223 e. The van der Waals surface area contributed by atoms with Crippen LogP contribution in [0.2, 0.25) is 0 Å². The van der Waals surface area contributed by atoms with E-state index >= 15 is 0 Å². The van der Waals surface area contributed by atoms with Gasteiger partial charge in [-0.2, -0.15) is 0 Å². The number of rotatable bonds is 18. The highest BCUT2D eigenvalue weighted by Gasteiger charge is 2.27. The van der Waals surface area contributed by atoms with Crippen LogP contribution in [0.1, 0.15) is 140 Å². The van der Waals surface area contributed by atoms with Gasteiger partial charge in [-0.15, -0.1) is 0 Å². The Kier molecular flexibility index (Phi) is 15.6. The van der Waals surface area contributed by atoms with Gasteiger partial charge in [-0.25, -0.2) is 0 Å². The fraction of sp³-hybridized carbons (Fsp3) is 0.302. The van der Waals surface area contributed by atoms with E-state index in [4.69, 9.17) is 9.98 Å². The minimum Gasteiger partial charge on any atom is -0.359 e. The monoisotopic (exact) mass is 943 g/mol. The van der Waals surface area contributed by atoms with E-state index in [1.807, 2.05) is 82.6 Å². The summed E-state index contributed by atoms with van der Waals surface area (Å²) in [7, 11) is 0. The molecule has 0 aliphatic carbocycles. The van der Waals surface area contributed by atoms with Crippen molar-refractivity contribution in [1.82, 2.24) is 19.8 Å². The number of aromatic amines is 2. The maximum Gasteiger partial charge on any atom is 0.223 e. The summed E-state index contributed by atoms with van der Waals surface area (Å²) in [6.07, 6.45) is 7.22. The number of aromatic nitrogens is 2. The van der Waals surface area contributed by atoms with E-state index in [9.17, 15) is 9.59 Å². The van der Waals surface area contributed by atoms with Crippen LogP contribution in [0.15, 0.2) is 165 Å². The van der Waals surface area contributed by atoms with Crippen molar-refractivity contribution in [2.75, 3.05) is 0 Å². The lowest BCUT2D eigenvalue weighted by Crippen LogP contribution is -2.33. The highest BCUT2D eigenvalue weighted by molar-refractivity contribution is 6.09. The molecule has 2 aliphatic heterocycles. The van der Waals surface area contributed by atoms with Crippen LogP contribution < -0.4 is 0 Å². The number of amides is 2. The van der Waals surface area contributed by atoms with Crippen LogP contribution in [0.5, 0.6) is 0 Å². The number of carbonyl (C=O) groups excluding carboxylic acids is 2. The molecule has 0 spiro atoms. The van der Waals surface area contributed by atoms with E-state index in [1.54, 1.807) is 0 Å². The summed E-state index contributed by atoms with van der Waals surface area (Å²) in [6.45, 7) is 22.5. The summed E-state index contributed by atoms with van der Waals surface area (Å²) in [6, 6.07) is 41.0. The molecular formula is C63H70N6O2. The Morgan fingerprint density at radius 1 is 0.507 bits per heavy atom. The lowest BCUT2D eigenvalue weighted by molar-refractivity contribution is -0.134. The minimum absolute atomic E-state index is 0.0558. The number of benzene rings is 4. The average molecular weight is 943 g/mol. The molecule has 0 radical (unpaired) electrons. The molecule has 2 aromatic heterocycles. The Morgan fingerprint density at radius 3 is 1.20 bits per heavy atom.